The number of aliphatic hydroxyl groups excluding tert-OH is 1. The molecule has 0 radical (unpaired) electrons. The van der Waals surface area contributed by atoms with Crippen LogP contribution in [0.25, 0.3) is 0 Å². The fraction of sp³-hybridized carbons (Fsp3) is 0.400. The topological polar surface area (TPSA) is 20.2 Å². The summed E-state index contributed by atoms with van der Waals surface area (Å²) in [5.74, 6) is -0.450. The van der Waals surface area contributed by atoms with E-state index in [4.69, 9.17) is 0 Å². The molecule has 3 heteroatoms. The Hall–Kier alpha value is -0.410. The molecule has 0 bridgehead atoms. The van der Waals surface area contributed by atoms with Gasteiger partial charge in [0.2, 0.25) is 0 Å². The van der Waals surface area contributed by atoms with Gasteiger partial charge in [0, 0.05) is 10.4 Å². The summed E-state index contributed by atoms with van der Waals surface area (Å²) in [6, 6.07) is 4.75. The zero-order chi connectivity index (χ0) is 10.0. The van der Waals surface area contributed by atoms with Crippen LogP contribution in [0.2, 0.25) is 0 Å². The quantitative estimate of drug-likeness (QED) is 0.851. The highest BCUT2D eigenvalue weighted by Crippen LogP contribution is 2.25. The second-order valence-electron chi connectivity index (χ2n) is 3.20. The predicted molar refractivity (Wildman–Crippen MR) is 54.2 cm³/mol. The van der Waals surface area contributed by atoms with Crippen molar-refractivity contribution in [2.24, 2.45) is 0 Å². The zero-order valence-corrected chi connectivity index (χ0v) is 9.18. The predicted octanol–water partition coefficient (Wildman–Crippen LogP) is 3.07. The number of hydrogen-bond donors (Lipinski definition) is 1. The maximum absolute atomic E-state index is 13.2. The van der Waals surface area contributed by atoms with Gasteiger partial charge in [0.25, 0.3) is 0 Å². The van der Waals surface area contributed by atoms with Crippen LogP contribution in [0.3, 0.4) is 0 Å². The molecule has 1 aromatic carbocycles. The fourth-order valence-corrected chi connectivity index (χ4v) is 1.50. The number of aliphatic hydroxyl groups is 1. The Morgan fingerprint density at radius 1 is 1.38 bits per heavy atom. The molecule has 1 nitrogen and oxygen atoms in total. The molecule has 0 saturated heterocycles. The Morgan fingerprint density at radius 2 is 2.00 bits per heavy atom. The minimum atomic E-state index is -0.538. The maximum Gasteiger partial charge on any atom is 0.126 e. The lowest BCUT2D eigenvalue weighted by Crippen LogP contribution is -2.12. The first-order valence-corrected chi connectivity index (χ1v) is 4.94. The molecule has 1 rings (SSSR count). The van der Waals surface area contributed by atoms with Gasteiger partial charge in [-0.15, -0.1) is 0 Å². The van der Waals surface area contributed by atoms with Gasteiger partial charge in [-0.05, 0) is 30.7 Å². The summed E-state index contributed by atoms with van der Waals surface area (Å²) in [4.78, 5) is 0. The van der Waals surface area contributed by atoms with E-state index in [-0.39, 0.29) is 11.7 Å². The number of rotatable bonds is 2. The molecule has 1 aromatic rings. The first-order valence-electron chi connectivity index (χ1n) is 4.15. The van der Waals surface area contributed by atoms with Crippen molar-refractivity contribution in [3.8, 4) is 0 Å². The Labute approximate surface area is 85.7 Å². The lowest BCUT2D eigenvalue weighted by Gasteiger charge is -2.15. The van der Waals surface area contributed by atoms with Crippen molar-refractivity contribution >= 4 is 15.9 Å². The summed E-state index contributed by atoms with van der Waals surface area (Å²) < 4.78 is 14.1. The van der Waals surface area contributed by atoms with Crippen molar-refractivity contribution in [2.75, 3.05) is 0 Å². The van der Waals surface area contributed by atoms with Crippen LogP contribution in [0.4, 0.5) is 4.39 Å². The largest absolute Gasteiger partial charge is 0.393 e. The third-order valence-corrected chi connectivity index (χ3v) is 2.67. The maximum atomic E-state index is 13.2. The van der Waals surface area contributed by atoms with E-state index in [2.05, 4.69) is 15.9 Å². The van der Waals surface area contributed by atoms with Gasteiger partial charge < -0.3 is 5.11 Å². The van der Waals surface area contributed by atoms with E-state index in [9.17, 15) is 9.50 Å². The van der Waals surface area contributed by atoms with Crippen molar-refractivity contribution in [1.82, 2.24) is 0 Å². The van der Waals surface area contributed by atoms with Crippen LogP contribution < -0.4 is 0 Å². The smallest absolute Gasteiger partial charge is 0.126 e. The minimum absolute atomic E-state index is 0.183. The van der Waals surface area contributed by atoms with Crippen LogP contribution in [0.1, 0.15) is 25.3 Å². The molecular weight excluding hydrogens is 235 g/mol. The van der Waals surface area contributed by atoms with Crippen molar-refractivity contribution in [3.63, 3.8) is 0 Å². The van der Waals surface area contributed by atoms with Gasteiger partial charge >= 0.3 is 0 Å². The molecule has 1 N–H and O–H groups in total. The van der Waals surface area contributed by atoms with Crippen molar-refractivity contribution in [2.45, 2.75) is 25.9 Å². The Balaban J connectivity index is 3.05. The Kier molecular flexibility index (Phi) is 3.45. The third-order valence-electron chi connectivity index (χ3n) is 2.17. The van der Waals surface area contributed by atoms with Crippen molar-refractivity contribution < 1.29 is 9.50 Å². The van der Waals surface area contributed by atoms with Crippen LogP contribution >= 0.6 is 15.9 Å². The van der Waals surface area contributed by atoms with Gasteiger partial charge in [-0.2, -0.15) is 0 Å². The lowest BCUT2D eigenvalue weighted by molar-refractivity contribution is 0.167. The van der Waals surface area contributed by atoms with Crippen LogP contribution in [0, 0.1) is 5.82 Å². The average Bonchev–Trinajstić information content (AvgIpc) is 2.08. The molecule has 13 heavy (non-hydrogen) atoms. The second kappa shape index (κ2) is 4.20. The van der Waals surface area contributed by atoms with Crippen molar-refractivity contribution in [1.29, 1.82) is 0 Å². The fourth-order valence-electron chi connectivity index (χ4n) is 1.12. The number of benzene rings is 1. The highest BCUT2D eigenvalue weighted by molar-refractivity contribution is 9.10. The van der Waals surface area contributed by atoms with Gasteiger partial charge in [0.05, 0.1) is 6.10 Å². The molecule has 2 atom stereocenters. The number of halogens is 2. The summed E-state index contributed by atoms with van der Waals surface area (Å²) in [6.45, 7) is 3.46. The first-order chi connectivity index (χ1) is 6.02. The monoisotopic (exact) mass is 246 g/mol. The van der Waals surface area contributed by atoms with Gasteiger partial charge in [-0.3, -0.25) is 0 Å². The van der Waals surface area contributed by atoms with E-state index in [1.165, 1.54) is 6.07 Å². The lowest BCUT2D eigenvalue weighted by atomic mass is 9.96. The SMILES string of the molecule is CC(O)C(C)c1cc(Br)ccc1F. The van der Waals surface area contributed by atoms with E-state index in [0.29, 0.717) is 5.56 Å². The van der Waals surface area contributed by atoms with E-state index in [1.54, 1.807) is 26.0 Å². The molecule has 2 unspecified atom stereocenters. The molecule has 0 aromatic heterocycles. The molecule has 0 aliphatic heterocycles. The third kappa shape index (κ3) is 2.51. The first kappa shape index (κ1) is 10.7. The van der Waals surface area contributed by atoms with Crippen LogP contribution in [0.15, 0.2) is 22.7 Å². The summed E-state index contributed by atoms with van der Waals surface area (Å²) in [5, 5.41) is 9.31. The number of hydrogen-bond acceptors (Lipinski definition) is 1. The molecule has 72 valence electrons. The van der Waals surface area contributed by atoms with Crippen LogP contribution in [-0.4, -0.2) is 11.2 Å². The zero-order valence-electron chi connectivity index (χ0n) is 7.59. The van der Waals surface area contributed by atoms with E-state index >= 15 is 0 Å². The van der Waals surface area contributed by atoms with Gasteiger partial charge in [-0.25, -0.2) is 4.39 Å². The summed E-state index contributed by atoms with van der Waals surface area (Å²) in [7, 11) is 0. The molecule has 0 aliphatic carbocycles. The molecule has 0 spiro atoms. The van der Waals surface area contributed by atoms with Crippen LogP contribution in [-0.2, 0) is 0 Å². The second-order valence-corrected chi connectivity index (χ2v) is 4.11. The minimum Gasteiger partial charge on any atom is -0.393 e. The van der Waals surface area contributed by atoms with E-state index in [0.717, 1.165) is 4.47 Å². The molecule has 0 saturated carbocycles. The normalized spacial score (nSPS) is 15.5. The highest BCUT2D eigenvalue weighted by atomic mass is 79.9. The molecule has 0 aliphatic rings. The summed E-state index contributed by atoms with van der Waals surface area (Å²) in [6.07, 6.45) is -0.538. The Bertz CT molecular complexity index is 299. The highest BCUT2D eigenvalue weighted by Gasteiger charge is 2.15. The molecular formula is C10H12BrFO. The van der Waals surface area contributed by atoms with Crippen LogP contribution in [0.5, 0.6) is 0 Å². The molecule has 0 heterocycles. The van der Waals surface area contributed by atoms with E-state index in [1.807, 2.05) is 0 Å². The van der Waals surface area contributed by atoms with Crippen molar-refractivity contribution in [3.05, 3.63) is 34.1 Å². The van der Waals surface area contributed by atoms with Gasteiger partial charge in [-0.1, -0.05) is 22.9 Å². The van der Waals surface area contributed by atoms with Gasteiger partial charge in [0.15, 0.2) is 0 Å². The molecule has 0 amide bonds. The Morgan fingerprint density at radius 3 is 2.54 bits per heavy atom. The summed E-state index contributed by atoms with van der Waals surface area (Å²) in [5.41, 5.74) is 0.546. The van der Waals surface area contributed by atoms with E-state index < -0.39 is 6.10 Å². The summed E-state index contributed by atoms with van der Waals surface area (Å²) >= 11 is 3.27. The van der Waals surface area contributed by atoms with Gasteiger partial charge in [0.1, 0.15) is 5.82 Å². The molecule has 0 fully saturated rings. The standard InChI is InChI=1S/C10H12BrFO/c1-6(7(2)13)9-5-8(11)3-4-10(9)12/h3-7,13H,1-2H3. The average molecular weight is 247 g/mol.